The first-order valence-electron chi connectivity index (χ1n) is 6.94. The van der Waals surface area contributed by atoms with E-state index in [2.05, 4.69) is 32.3 Å². The van der Waals surface area contributed by atoms with Crippen molar-refractivity contribution in [3.8, 4) is 0 Å². The van der Waals surface area contributed by atoms with Crippen LogP contribution in [-0.4, -0.2) is 18.7 Å². The number of carbonyl (C=O) groups excluding carboxylic acids is 2. The highest BCUT2D eigenvalue weighted by Gasteiger charge is 2.01. The molecule has 0 unspecified atom stereocenters. The molecule has 8 heteroatoms. The van der Waals surface area contributed by atoms with E-state index in [0.29, 0.717) is 11.4 Å². The third-order valence-electron chi connectivity index (χ3n) is 2.64. The Labute approximate surface area is 133 Å². The number of carbonyl (C=O) groups is 2. The van der Waals surface area contributed by atoms with Crippen molar-refractivity contribution in [3.05, 3.63) is 60.7 Å². The molecule has 0 saturated heterocycles. The summed E-state index contributed by atoms with van der Waals surface area (Å²) >= 11 is 0. The topological polar surface area (TPSA) is 106 Å². The van der Waals surface area contributed by atoms with Gasteiger partial charge in [-0.1, -0.05) is 36.4 Å². The number of rotatable bonds is 6. The minimum atomic E-state index is -0.410. The predicted molar refractivity (Wildman–Crippen MR) is 88.3 cm³/mol. The van der Waals surface area contributed by atoms with Gasteiger partial charge in [0, 0.05) is 11.4 Å². The van der Waals surface area contributed by atoms with Crippen molar-refractivity contribution >= 4 is 23.4 Å². The molecule has 0 fully saturated rings. The number of nitrogens with one attached hydrogen (secondary N) is 6. The van der Waals surface area contributed by atoms with Crippen LogP contribution in [0.4, 0.5) is 21.0 Å². The van der Waals surface area contributed by atoms with Gasteiger partial charge in [-0.2, -0.15) is 0 Å². The third-order valence-corrected chi connectivity index (χ3v) is 2.64. The van der Waals surface area contributed by atoms with Crippen molar-refractivity contribution in [3.63, 3.8) is 0 Å². The molecule has 8 nitrogen and oxygen atoms in total. The van der Waals surface area contributed by atoms with Crippen molar-refractivity contribution in [1.29, 1.82) is 0 Å². The van der Waals surface area contributed by atoms with Crippen LogP contribution >= 0.6 is 0 Å². The summed E-state index contributed by atoms with van der Waals surface area (Å²) in [4.78, 5) is 23.1. The van der Waals surface area contributed by atoms with Crippen molar-refractivity contribution in [2.75, 3.05) is 17.3 Å². The zero-order valence-corrected chi connectivity index (χ0v) is 12.3. The van der Waals surface area contributed by atoms with E-state index in [4.69, 9.17) is 0 Å². The van der Waals surface area contributed by atoms with E-state index in [1.807, 2.05) is 36.4 Å². The van der Waals surface area contributed by atoms with Gasteiger partial charge in [-0.3, -0.25) is 10.9 Å². The number of amides is 4. The van der Waals surface area contributed by atoms with Gasteiger partial charge in [-0.15, -0.1) is 0 Å². The molecule has 6 N–H and O–H groups in total. The summed E-state index contributed by atoms with van der Waals surface area (Å²) in [7, 11) is 0. The molecule has 2 aromatic rings. The van der Waals surface area contributed by atoms with E-state index in [9.17, 15) is 9.59 Å². The fraction of sp³-hybridized carbons (Fsp3) is 0.0667. The summed E-state index contributed by atoms with van der Waals surface area (Å²) in [5.74, 6) is 0. The molecule has 0 aromatic heterocycles. The van der Waals surface area contributed by atoms with Gasteiger partial charge >= 0.3 is 12.1 Å². The van der Waals surface area contributed by atoms with Gasteiger partial charge in [-0.05, 0) is 24.3 Å². The number of para-hydroxylation sites is 2. The molecule has 0 atom stereocenters. The highest BCUT2D eigenvalue weighted by molar-refractivity contribution is 5.89. The van der Waals surface area contributed by atoms with Gasteiger partial charge in [0.05, 0.1) is 6.67 Å². The maximum Gasteiger partial charge on any atom is 0.333 e. The van der Waals surface area contributed by atoms with E-state index in [1.165, 1.54) is 0 Å². The first-order chi connectivity index (χ1) is 11.2. The second-order valence-corrected chi connectivity index (χ2v) is 4.42. The molecule has 0 aliphatic carbocycles. The Bertz CT molecular complexity index is 565. The highest BCUT2D eigenvalue weighted by Crippen LogP contribution is 2.04. The second-order valence-electron chi connectivity index (χ2n) is 4.42. The monoisotopic (exact) mass is 314 g/mol. The largest absolute Gasteiger partial charge is 0.333 e. The molecular weight excluding hydrogens is 296 g/mol. The lowest BCUT2D eigenvalue weighted by atomic mass is 10.3. The zero-order valence-electron chi connectivity index (χ0n) is 12.3. The van der Waals surface area contributed by atoms with Crippen LogP contribution in [0.5, 0.6) is 0 Å². The molecule has 4 amide bonds. The Balaban J connectivity index is 1.55. The fourth-order valence-corrected chi connectivity index (χ4v) is 1.66. The van der Waals surface area contributed by atoms with Gasteiger partial charge in [0.1, 0.15) is 0 Å². The zero-order chi connectivity index (χ0) is 16.3. The molecule has 0 aliphatic heterocycles. The Morgan fingerprint density at radius 2 is 1.04 bits per heavy atom. The van der Waals surface area contributed by atoms with E-state index in [-0.39, 0.29) is 6.67 Å². The van der Waals surface area contributed by atoms with E-state index in [0.717, 1.165) is 0 Å². The number of hydrazine groups is 2. The van der Waals surface area contributed by atoms with E-state index in [1.54, 1.807) is 24.3 Å². The summed E-state index contributed by atoms with van der Waals surface area (Å²) in [6.07, 6.45) is 0. The van der Waals surface area contributed by atoms with Crippen molar-refractivity contribution in [1.82, 2.24) is 21.7 Å². The van der Waals surface area contributed by atoms with Crippen molar-refractivity contribution < 1.29 is 9.59 Å². The standard InChI is InChI=1S/C15H18N6O2/c22-14(18-12-7-3-1-4-8-12)20-16-11-17-21-15(23)19-13-9-5-2-6-10-13/h1-10,16-17H,11H2,(H2,18,20,22)(H2,19,21,23). The molecule has 2 rings (SSSR count). The lowest BCUT2D eigenvalue weighted by molar-refractivity contribution is 0.243. The average Bonchev–Trinajstić information content (AvgIpc) is 2.56. The van der Waals surface area contributed by atoms with Crippen LogP contribution in [0.15, 0.2) is 60.7 Å². The summed E-state index contributed by atoms with van der Waals surface area (Å²) in [5, 5.41) is 5.27. The number of benzene rings is 2. The minimum Gasteiger partial charge on any atom is -0.307 e. The molecule has 0 saturated carbocycles. The lowest BCUT2D eigenvalue weighted by Gasteiger charge is -2.11. The summed E-state index contributed by atoms with van der Waals surface area (Å²) in [6, 6.07) is 17.3. The molecule has 0 heterocycles. The highest BCUT2D eigenvalue weighted by atomic mass is 16.2. The van der Waals surface area contributed by atoms with Crippen LogP contribution in [0.1, 0.15) is 0 Å². The number of hydrogen-bond donors (Lipinski definition) is 6. The molecule has 23 heavy (non-hydrogen) atoms. The van der Waals surface area contributed by atoms with Gasteiger partial charge < -0.3 is 10.6 Å². The molecular formula is C15H18N6O2. The molecule has 0 radical (unpaired) electrons. The van der Waals surface area contributed by atoms with Gasteiger partial charge in [0.25, 0.3) is 0 Å². The molecule has 0 bridgehead atoms. The average molecular weight is 314 g/mol. The van der Waals surface area contributed by atoms with Crippen LogP contribution in [0.3, 0.4) is 0 Å². The molecule has 2 aromatic carbocycles. The van der Waals surface area contributed by atoms with Gasteiger partial charge in [0.2, 0.25) is 0 Å². The fourth-order valence-electron chi connectivity index (χ4n) is 1.66. The Morgan fingerprint density at radius 1 is 0.652 bits per heavy atom. The SMILES string of the molecule is O=C(NNCNNC(=O)Nc1ccccc1)Nc1ccccc1. The molecule has 0 spiro atoms. The van der Waals surface area contributed by atoms with Crippen LogP contribution < -0.4 is 32.3 Å². The Hall–Kier alpha value is -3.10. The van der Waals surface area contributed by atoms with Crippen LogP contribution in [0.25, 0.3) is 0 Å². The van der Waals surface area contributed by atoms with Gasteiger partial charge in [-0.25, -0.2) is 20.4 Å². The maximum atomic E-state index is 11.5. The summed E-state index contributed by atoms with van der Waals surface area (Å²) < 4.78 is 0. The summed E-state index contributed by atoms with van der Waals surface area (Å²) in [5.41, 5.74) is 11.4. The number of anilines is 2. The predicted octanol–water partition coefficient (Wildman–Crippen LogP) is 1.60. The van der Waals surface area contributed by atoms with Crippen LogP contribution in [0, 0.1) is 0 Å². The van der Waals surface area contributed by atoms with Crippen LogP contribution in [-0.2, 0) is 0 Å². The van der Waals surface area contributed by atoms with Gasteiger partial charge in [0.15, 0.2) is 0 Å². The first kappa shape index (κ1) is 16.3. The van der Waals surface area contributed by atoms with Crippen molar-refractivity contribution in [2.45, 2.75) is 0 Å². The number of urea groups is 2. The van der Waals surface area contributed by atoms with Crippen molar-refractivity contribution in [2.24, 2.45) is 0 Å². The number of hydrogen-bond acceptors (Lipinski definition) is 4. The normalized spacial score (nSPS) is 9.74. The Morgan fingerprint density at radius 3 is 1.43 bits per heavy atom. The maximum absolute atomic E-state index is 11.5. The first-order valence-corrected chi connectivity index (χ1v) is 6.94. The molecule has 0 aliphatic rings. The van der Waals surface area contributed by atoms with E-state index < -0.39 is 12.1 Å². The lowest BCUT2D eigenvalue weighted by Crippen LogP contribution is -2.50. The second kappa shape index (κ2) is 9.03. The summed E-state index contributed by atoms with van der Waals surface area (Å²) in [6.45, 7) is 0.143. The quantitative estimate of drug-likeness (QED) is 0.277. The third kappa shape index (κ3) is 6.46. The smallest absolute Gasteiger partial charge is 0.307 e. The van der Waals surface area contributed by atoms with Crippen LogP contribution in [0.2, 0.25) is 0 Å². The Kier molecular flexibility index (Phi) is 6.39. The minimum absolute atomic E-state index is 0.143. The van der Waals surface area contributed by atoms with E-state index >= 15 is 0 Å². The molecule has 120 valence electrons.